The number of anilines is 1. The molecule has 0 aromatic heterocycles. The number of ether oxygens (including phenoxy) is 1. The van der Waals surface area contributed by atoms with E-state index in [0.717, 1.165) is 24.8 Å². The van der Waals surface area contributed by atoms with E-state index in [2.05, 4.69) is 5.32 Å². The van der Waals surface area contributed by atoms with Crippen LogP contribution in [0.5, 0.6) is 5.75 Å². The van der Waals surface area contributed by atoms with Gasteiger partial charge in [0.1, 0.15) is 5.75 Å². The van der Waals surface area contributed by atoms with Gasteiger partial charge in [-0.25, -0.2) is 0 Å². The fourth-order valence-electron chi connectivity index (χ4n) is 2.47. The van der Waals surface area contributed by atoms with Crippen molar-refractivity contribution >= 4 is 23.2 Å². The van der Waals surface area contributed by atoms with Crippen molar-refractivity contribution in [2.24, 2.45) is 11.7 Å². The highest BCUT2D eigenvalue weighted by atomic mass is 35.5. The zero-order valence-corrected chi connectivity index (χ0v) is 12.0. The van der Waals surface area contributed by atoms with Crippen molar-refractivity contribution < 1.29 is 9.53 Å². The Labute approximate surface area is 118 Å². The van der Waals surface area contributed by atoms with Crippen LogP contribution in [0.4, 0.5) is 5.69 Å². The van der Waals surface area contributed by atoms with Crippen molar-refractivity contribution in [3.05, 3.63) is 22.7 Å². The van der Waals surface area contributed by atoms with Gasteiger partial charge < -0.3 is 15.8 Å². The van der Waals surface area contributed by atoms with Crippen LogP contribution in [0.15, 0.2) is 12.1 Å². The molecule has 0 aliphatic heterocycles. The van der Waals surface area contributed by atoms with Gasteiger partial charge in [0, 0.05) is 17.1 Å². The molecule has 1 saturated carbocycles. The highest BCUT2D eigenvalue weighted by Gasteiger charge is 2.30. The molecule has 1 aliphatic carbocycles. The third-order valence-electron chi connectivity index (χ3n) is 3.64. The third kappa shape index (κ3) is 3.01. The third-order valence-corrected chi connectivity index (χ3v) is 4.05. The van der Waals surface area contributed by atoms with Gasteiger partial charge in [-0.1, -0.05) is 18.0 Å². The molecule has 2 rings (SSSR count). The lowest BCUT2D eigenvalue weighted by atomic mass is 10.0. The Bertz CT molecular complexity index is 491. The minimum absolute atomic E-state index is 0.0370. The van der Waals surface area contributed by atoms with Crippen molar-refractivity contribution in [2.75, 3.05) is 12.4 Å². The minimum atomic E-state index is -0.110. The number of aryl methyl sites for hydroxylation is 1. The van der Waals surface area contributed by atoms with Gasteiger partial charge in [-0.3, -0.25) is 4.79 Å². The van der Waals surface area contributed by atoms with E-state index >= 15 is 0 Å². The second kappa shape index (κ2) is 5.80. The van der Waals surface area contributed by atoms with E-state index in [1.165, 1.54) is 0 Å². The van der Waals surface area contributed by atoms with Crippen LogP contribution in [0, 0.1) is 12.8 Å². The molecule has 0 heterocycles. The second-order valence-corrected chi connectivity index (χ2v) is 5.40. The average Bonchev–Trinajstić information content (AvgIpc) is 2.79. The van der Waals surface area contributed by atoms with Crippen LogP contribution in [0.25, 0.3) is 0 Å². The largest absolute Gasteiger partial charge is 0.495 e. The molecule has 1 aliphatic rings. The molecule has 5 heteroatoms. The molecular weight excluding hydrogens is 264 g/mol. The van der Waals surface area contributed by atoms with E-state index in [9.17, 15) is 4.79 Å². The van der Waals surface area contributed by atoms with Crippen molar-refractivity contribution in [1.82, 2.24) is 0 Å². The molecule has 1 aromatic rings. The van der Waals surface area contributed by atoms with Crippen LogP contribution in [0.2, 0.25) is 5.02 Å². The Morgan fingerprint density at radius 1 is 1.47 bits per heavy atom. The molecule has 3 N–H and O–H groups in total. The number of benzene rings is 1. The van der Waals surface area contributed by atoms with Gasteiger partial charge in [0.25, 0.3) is 0 Å². The predicted molar refractivity (Wildman–Crippen MR) is 76.7 cm³/mol. The Morgan fingerprint density at radius 3 is 2.79 bits per heavy atom. The molecule has 0 bridgehead atoms. The fourth-order valence-corrected chi connectivity index (χ4v) is 2.62. The van der Waals surface area contributed by atoms with Gasteiger partial charge in [0.05, 0.1) is 18.7 Å². The van der Waals surface area contributed by atoms with Crippen LogP contribution in [0.1, 0.15) is 24.8 Å². The number of hydrogen-bond donors (Lipinski definition) is 2. The van der Waals surface area contributed by atoms with Crippen LogP contribution in [-0.4, -0.2) is 19.1 Å². The standard InChI is InChI=1S/C14H19ClN2O2/c1-8-6-12(13(19-2)7-10(8)15)17-14(18)9-4-3-5-11(9)16/h6-7,9,11H,3-5,16H2,1-2H3,(H,17,18). The summed E-state index contributed by atoms with van der Waals surface area (Å²) in [5.74, 6) is 0.418. The summed E-state index contributed by atoms with van der Waals surface area (Å²) < 4.78 is 5.24. The van der Waals surface area contributed by atoms with Gasteiger partial charge in [-0.15, -0.1) is 0 Å². The zero-order valence-electron chi connectivity index (χ0n) is 11.2. The second-order valence-electron chi connectivity index (χ2n) is 4.99. The molecule has 4 nitrogen and oxygen atoms in total. The minimum Gasteiger partial charge on any atom is -0.495 e. The summed E-state index contributed by atoms with van der Waals surface area (Å²) in [6.07, 6.45) is 2.77. The molecule has 0 saturated heterocycles. The lowest BCUT2D eigenvalue weighted by Crippen LogP contribution is -2.34. The lowest BCUT2D eigenvalue weighted by Gasteiger charge is -2.17. The topological polar surface area (TPSA) is 64.3 Å². The Kier molecular flexibility index (Phi) is 4.32. The molecule has 104 valence electrons. The molecule has 19 heavy (non-hydrogen) atoms. The molecule has 1 amide bonds. The number of halogens is 1. The number of nitrogens with one attached hydrogen (secondary N) is 1. The van der Waals surface area contributed by atoms with Crippen LogP contribution < -0.4 is 15.8 Å². The van der Waals surface area contributed by atoms with E-state index in [1.807, 2.05) is 13.0 Å². The number of carbonyl (C=O) groups excluding carboxylic acids is 1. The first-order valence-corrected chi connectivity index (χ1v) is 6.81. The summed E-state index contributed by atoms with van der Waals surface area (Å²) in [5, 5.41) is 3.52. The summed E-state index contributed by atoms with van der Waals surface area (Å²) in [4.78, 5) is 12.2. The summed E-state index contributed by atoms with van der Waals surface area (Å²) in [6, 6.07) is 3.49. The molecule has 2 unspecified atom stereocenters. The molecule has 2 atom stereocenters. The highest BCUT2D eigenvalue weighted by Crippen LogP contribution is 2.32. The van der Waals surface area contributed by atoms with Gasteiger partial charge >= 0.3 is 0 Å². The quantitative estimate of drug-likeness (QED) is 0.896. The molecule has 0 radical (unpaired) electrons. The maximum Gasteiger partial charge on any atom is 0.229 e. The van der Waals surface area contributed by atoms with Crippen LogP contribution >= 0.6 is 11.6 Å². The highest BCUT2D eigenvalue weighted by molar-refractivity contribution is 6.31. The van der Waals surface area contributed by atoms with Crippen molar-refractivity contribution in [3.8, 4) is 5.75 Å². The SMILES string of the molecule is COc1cc(Cl)c(C)cc1NC(=O)C1CCCC1N. The van der Waals surface area contributed by atoms with Crippen molar-refractivity contribution in [1.29, 1.82) is 0 Å². The maximum absolute atomic E-state index is 12.2. The van der Waals surface area contributed by atoms with Gasteiger partial charge in [0.15, 0.2) is 0 Å². The molecule has 1 aromatic carbocycles. The van der Waals surface area contributed by atoms with Crippen LogP contribution in [-0.2, 0) is 4.79 Å². The van der Waals surface area contributed by atoms with E-state index < -0.39 is 0 Å². The Balaban J connectivity index is 2.18. The van der Waals surface area contributed by atoms with Gasteiger partial charge in [0.2, 0.25) is 5.91 Å². The number of amides is 1. The number of rotatable bonds is 3. The smallest absolute Gasteiger partial charge is 0.229 e. The predicted octanol–water partition coefficient (Wildman–Crippen LogP) is 2.72. The van der Waals surface area contributed by atoms with Crippen molar-refractivity contribution in [3.63, 3.8) is 0 Å². The van der Waals surface area contributed by atoms with E-state index in [0.29, 0.717) is 16.5 Å². The summed E-state index contributed by atoms with van der Waals surface area (Å²) >= 11 is 6.04. The van der Waals surface area contributed by atoms with Crippen molar-refractivity contribution in [2.45, 2.75) is 32.2 Å². The fraction of sp³-hybridized carbons (Fsp3) is 0.500. The number of carbonyl (C=O) groups is 1. The number of hydrogen-bond acceptors (Lipinski definition) is 3. The summed E-state index contributed by atoms with van der Waals surface area (Å²) in [7, 11) is 1.55. The molecule has 1 fully saturated rings. The summed E-state index contributed by atoms with van der Waals surface area (Å²) in [5.41, 5.74) is 7.49. The zero-order chi connectivity index (χ0) is 14.0. The summed E-state index contributed by atoms with van der Waals surface area (Å²) in [6.45, 7) is 1.89. The van der Waals surface area contributed by atoms with Gasteiger partial charge in [-0.05, 0) is 31.4 Å². The average molecular weight is 283 g/mol. The Hall–Kier alpha value is -1.26. The normalized spacial score (nSPS) is 22.3. The number of nitrogens with two attached hydrogens (primary N) is 1. The van der Waals surface area contributed by atoms with E-state index in [1.54, 1.807) is 13.2 Å². The van der Waals surface area contributed by atoms with Crippen LogP contribution in [0.3, 0.4) is 0 Å². The first-order chi connectivity index (χ1) is 9.02. The van der Waals surface area contributed by atoms with Gasteiger partial charge in [-0.2, -0.15) is 0 Å². The molecular formula is C14H19ClN2O2. The number of methoxy groups -OCH3 is 1. The van der Waals surface area contributed by atoms with E-state index in [4.69, 9.17) is 22.1 Å². The maximum atomic E-state index is 12.2. The van der Waals surface area contributed by atoms with E-state index in [-0.39, 0.29) is 17.9 Å². The first-order valence-electron chi connectivity index (χ1n) is 6.43. The molecule has 0 spiro atoms. The monoisotopic (exact) mass is 282 g/mol. The Morgan fingerprint density at radius 2 is 2.21 bits per heavy atom. The lowest BCUT2D eigenvalue weighted by molar-refractivity contribution is -0.120. The first kappa shape index (κ1) is 14.2.